The summed E-state index contributed by atoms with van der Waals surface area (Å²) in [6, 6.07) is 7.60. The average molecular weight is 333 g/mol. The molecule has 1 unspecified atom stereocenters. The number of anilines is 1. The summed E-state index contributed by atoms with van der Waals surface area (Å²) in [7, 11) is 1.63. The van der Waals surface area contributed by atoms with Crippen molar-refractivity contribution in [3.8, 4) is 5.75 Å². The Balaban J connectivity index is 1.54. The third kappa shape index (κ3) is 4.19. The molecule has 1 heterocycles. The van der Waals surface area contributed by atoms with E-state index in [9.17, 15) is 0 Å². The van der Waals surface area contributed by atoms with Gasteiger partial charge in [-0.05, 0) is 25.0 Å². The molecular weight excluding hydrogens is 306 g/mol. The first-order valence-electron chi connectivity index (χ1n) is 8.72. The zero-order valence-corrected chi connectivity index (χ0v) is 14.3. The maximum absolute atomic E-state index is 6.18. The van der Waals surface area contributed by atoms with Crippen LogP contribution in [0, 0.1) is 0 Å². The van der Waals surface area contributed by atoms with Crippen LogP contribution in [0.3, 0.4) is 0 Å². The van der Waals surface area contributed by atoms with Crippen LogP contribution in [0.1, 0.15) is 38.5 Å². The Labute approximate surface area is 143 Å². The minimum atomic E-state index is -0.373. The molecule has 0 amide bonds. The van der Waals surface area contributed by atoms with Crippen molar-refractivity contribution in [1.29, 1.82) is 0 Å². The lowest BCUT2D eigenvalue weighted by molar-refractivity contribution is -0.174. The molecule has 6 heteroatoms. The minimum Gasteiger partial charge on any atom is -0.495 e. The van der Waals surface area contributed by atoms with E-state index < -0.39 is 0 Å². The molecule has 132 valence electrons. The summed E-state index contributed by atoms with van der Waals surface area (Å²) in [5, 5.41) is 3.07. The van der Waals surface area contributed by atoms with Gasteiger partial charge in [-0.15, -0.1) is 0 Å². The summed E-state index contributed by atoms with van der Waals surface area (Å²) in [6.07, 6.45) is 6.84. The van der Waals surface area contributed by atoms with E-state index in [2.05, 4.69) is 10.3 Å². The quantitative estimate of drug-likeness (QED) is 0.654. The molecule has 1 atom stereocenters. The first-order valence-corrected chi connectivity index (χ1v) is 8.72. The van der Waals surface area contributed by atoms with Crippen molar-refractivity contribution in [3.05, 3.63) is 24.3 Å². The van der Waals surface area contributed by atoms with Crippen LogP contribution in [-0.2, 0) is 9.47 Å². The molecule has 0 radical (unpaired) electrons. The molecule has 24 heavy (non-hydrogen) atoms. The van der Waals surface area contributed by atoms with Crippen molar-refractivity contribution >= 4 is 11.6 Å². The number of rotatable bonds is 4. The monoisotopic (exact) mass is 333 g/mol. The molecular formula is C18H27N3O3. The maximum atomic E-state index is 6.18. The molecule has 0 bridgehead atoms. The van der Waals surface area contributed by atoms with Gasteiger partial charge in [0.1, 0.15) is 11.9 Å². The van der Waals surface area contributed by atoms with Crippen LogP contribution < -0.4 is 15.8 Å². The summed E-state index contributed by atoms with van der Waals surface area (Å²) in [5.41, 5.74) is 6.79. The molecule has 0 aromatic heterocycles. The van der Waals surface area contributed by atoms with Crippen LogP contribution in [-0.4, -0.2) is 38.1 Å². The molecule has 3 N–H and O–H groups in total. The van der Waals surface area contributed by atoms with Crippen molar-refractivity contribution in [1.82, 2.24) is 0 Å². The number of aliphatic imine (C=N–C) groups is 1. The third-order valence-electron chi connectivity index (χ3n) is 4.61. The number of nitrogens with two attached hydrogens (primary N) is 1. The zero-order valence-electron chi connectivity index (χ0n) is 14.3. The van der Waals surface area contributed by atoms with Gasteiger partial charge in [0.15, 0.2) is 11.7 Å². The molecule has 1 aliphatic heterocycles. The number of para-hydroxylation sites is 2. The van der Waals surface area contributed by atoms with Gasteiger partial charge in [0.25, 0.3) is 0 Å². The van der Waals surface area contributed by atoms with Crippen molar-refractivity contribution in [2.45, 2.75) is 50.4 Å². The van der Waals surface area contributed by atoms with E-state index in [0.717, 1.165) is 24.3 Å². The van der Waals surface area contributed by atoms with Crippen LogP contribution in [0.5, 0.6) is 5.75 Å². The summed E-state index contributed by atoms with van der Waals surface area (Å²) in [4.78, 5) is 4.40. The fraction of sp³-hybridized carbons (Fsp3) is 0.611. The van der Waals surface area contributed by atoms with Gasteiger partial charge in [-0.3, -0.25) is 4.99 Å². The van der Waals surface area contributed by atoms with Crippen molar-refractivity contribution in [2.24, 2.45) is 10.7 Å². The van der Waals surface area contributed by atoms with Crippen molar-refractivity contribution in [3.63, 3.8) is 0 Å². The number of hydrogen-bond acceptors (Lipinski definition) is 4. The standard InChI is InChI=1S/C18H27N3O3/c1-22-16-9-5-4-8-15(16)21-17(19)20-12-14-13-23-18(24-14)10-6-2-3-7-11-18/h4-5,8-9,14H,2-3,6-7,10-13H2,1H3,(H3,19,20,21). The first kappa shape index (κ1) is 17.0. The Morgan fingerprint density at radius 3 is 2.79 bits per heavy atom. The lowest BCUT2D eigenvalue weighted by atomic mass is 10.1. The Hall–Kier alpha value is -1.79. The van der Waals surface area contributed by atoms with Gasteiger partial charge < -0.3 is 25.3 Å². The molecule has 6 nitrogen and oxygen atoms in total. The predicted octanol–water partition coefficient (Wildman–Crippen LogP) is 2.89. The number of benzene rings is 1. The third-order valence-corrected chi connectivity index (χ3v) is 4.61. The Morgan fingerprint density at radius 1 is 1.29 bits per heavy atom. The lowest BCUT2D eigenvalue weighted by Crippen LogP contribution is -2.31. The highest BCUT2D eigenvalue weighted by Gasteiger charge is 2.41. The highest BCUT2D eigenvalue weighted by Crippen LogP contribution is 2.36. The lowest BCUT2D eigenvalue weighted by Gasteiger charge is -2.26. The number of nitrogens with zero attached hydrogens (tertiary/aromatic N) is 1. The van der Waals surface area contributed by atoms with E-state index in [-0.39, 0.29) is 11.9 Å². The van der Waals surface area contributed by atoms with E-state index in [1.807, 2.05) is 24.3 Å². The van der Waals surface area contributed by atoms with E-state index >= 15 is 0 Å². The molecule has 1 saturated carbocycles. The number of guanidine groups is 1. The molecule has 2 fully saturated rings. The molecule has 1 aromatic rings. The van der Waals surface area contributed by atoms with Gasteiger partial charge in [0.2, 0.25) is 0 Å². The highest BCUT2D eigenvalue weighted by molar-refractivity contribution is 5.93. The molecule has 1 aromatic carbocycles. The second kappa shape index (κ2) is 7.85. The van der Waals surface area contributed by atoms with Gasteiger partial charge in [0.05, 0.1) is 25.9 Å². The van der Waals surface area contributed by atoms with Crippen LogP contribution in [0.25, 0.3) is 0 Å². The van der Waals surface area contributed by atoms with E-state index in [1.54, 1.807) is 7.11 Å². The van der Waals surface area contributed by atoms with Crippen LogP contribution in [0.2, 0.25) is 0 Å². The topological polar surface area (TPSA) is 78.1 Å². The van der Waals surface area contributed by atoms with Gasteiger partial charge in [-0.1, -0.05) is 25.0 Å². The molecule has 1 saturated heterocycles. The molecule has 2 aliphatic rings. The number of ether oxygens (including phenoxy) is 3. The predicted molar refractivity (Wildman–Crippen MR) is 94.4 cm³/mol. The Kier molecular flexibility index (Phi) is 5.58. The van der Waals surface area contributed by atoms with Gasteiger partial charge in [-0.2, -0.15) is 0 Å². The largest absolute Gasteiger partial charge is 0.495 e. The fourth-order valence-corrected chi connectivity index (χ4v) is 3.36. The average Bonchev–Trinajstić information content (AvgIpc) is 2.85. The van der Waals surface area contributed by atoms with Gasteiger partial charge in [0, 0.05) is 12.8 Å². The first-order chi connectivity index (χ1) is 11.7. The second-order valence-electron chi connectivity index (χ2n) is 6.43. The summed E-state index contributed by atoms with van der Waals surface area (Å²) in [5.74, 6) is 0.708. The molecule has 1 aliphatic carbocycles. The summed E-state index contributed by atoms with van der Waals surface area (Å²) < 4.78 is 17.5. The molecule has 1 spiro atoms. The number of hydrogen-bond donors (Lipinski definition) is 2. The van der Waals surface area contributed by atoms with E-state index in [4.69, 9.17) is 19.9 Å². The Bertz CT molecular complexity index is 568. The van der Waals surface area contributed by atoms with Crippen LogP contribution in [0.4, 0.5) is 5.69 Å². The normalized spacial score (nSPS) is 23.9. The summed E-state index contributed by atoms with van der Waals surface area (Å²) >= 11 is 0. The van der Waals surface area contributed by atoms with Crippen LogP contribution >= 0.6 is 0 Å². The minimum absolute atomic E-state index is 0.0267. The van der Waals surface area contributed by atoms with E-state index in [0.29, 0.717) is 19.1 Å². The zero-order chi connectivity index (χ0) is 16.8. The smallest absolute Gasteiger partial charge is 0.193 e. The van der Waals surface area contributed by atoms with Gasteiger partial charge in [-0.25, -0.2) is 0 Å². The fourth-order valence-electron chi connectivity index (χ4n) is 3.36. The number of methoxy groups -OCH3 is 1. The van der Waals surface area contributed by atoms with E-state index in [1.165, 1.54) is 25.7 Å². The maximum Gasteiger partial charge on any atom is 0.193 e. The molecule has 3 rings (SSSR count). The van der Waals surface area contributed by atoms with Crippen LogP contribution in [0.15, 0.2) is 29.3 Å². The van der Waals surface area contributed by atoms with Crippen molar-refractivity contribution in [2.75, 3.05) is 25.6 Å². The van der Waals surface area contributed by atoms with Crippen molar-refractivity contribution < 1.29 is 14.2 Å². The SMILES string of the molecule is COc1ccccc1NC(N)=NCC1COC2(CCCCCC2)O1. The Morgan fingerprint density at radius 2 is 2.04 bits per heavy atom. The second-order valence-corrected chi connectivity index (χ2v) is 6.43. The van der Waals surface area contributed by atoms with Gasteiger partial charge >= 0.3 is 0 Å². The summed E-state index contributed by atoms with van der Waals surface area (Å²) in [6.45, 7) is 1.08. The highest BCUT2D eigenvalue weighted by atomic mass is 16.7. The number of nitrogens with one attached hydrogen (secondary N) is 1.